The SMILES string of the molecule is COc1c(-c2nc(C)[nH]c(=O)c2C)ccc(C)c1C. The van der Waals surface area contributed by atoms with Crippen molar-refractivity contribution < 1.29 is 4.74 Å². The van der Waals surface area contributed by atoms with E-state index in [1.54, 1.807) is 21.0 Å². The third-order valence-electron chi connectivity index (χ3n) is 3.41. The summed E-state index contributed by atoms with van der Waals surface area (Å²) in [6.45, 7) is 7.59. The van der Waals surface area contributed by atoms with Gasteiger partial charge in [0.2, 0.25) is 0 Å². The first-order valence-electron chi connectivity index (χ1n) is 6.17. The van der Waals surface area contributed by atoms with Crippen molar-refractivity contribution in [3.63, 3.8) is 0 Å². The molecule has 0 fully saturated rings. The summed E-state index contributed by atoms with van der Waals surface area (Å²) in [6.07, 6.45) is 0. The average molecular weight is 258 g/mol. The molecule has 4 heteroatoms. The molecule has 19 heavy (non-hydrogen) atoms. The maximum Gasteiger partial charge on any atom is 0.254 e. The van der Waals surface area contributed by atoms with Gasteiger partial charge in [0.15, 0.2) is 0 Å². The summed E-state index contributed by atoms with van der Waals surface area (Å²) in [4.78, 5) is 19.0. The maximum atomic E-state index is 11.8. The van der Waals surface area contributed by atoms with Crippen LogP contribution in [0.5, 0.6) is 5.75 Å². The van der Waals surface area contributed by atoms with Gasteiger partial charge in [0.05, 0.1) is 12.8 Å². The number of hydrogen-bond donors (Lipinski definition) is 1. The van der Waals surface area contributed by atoms with Crippen molar-refractivity contribution in [3.05, 3.63) is 45.0 Å². The highest BCUT2D eigenvalue weighted by Crippen LogP contribution is 2.34. The number of hydrogen-bond acceptors (Lipinski definition) is 3. The van der Waals surface area contributed by atoms with Crippen LogP contribution in [0.2, 0.25) is 0 Å². The Morgan fingerprint density at radius 3 is 2.42 bits per heavy atom. The molecule has 0 saturated carbocycles. The zero-order chi connectivity index (χ0) is 14.2. The van der Waals surface area contributed by atoms with Crippen LogP contribution in [0, 0.1) is 27.7 Å². The molecule has 0 atom stereocenters. The molecule has 0 radical (unpaired) electrons. The van der Waals surface area contributed by atoms with Gasteiger partial charge in [-0.2, -0.15) is 0 Å². The van der Waals surface area contributed by atoms with E-state index in [0.717, 1.165) is 22.4 Å². The lowest BCUT2D eigenvalue weighted by Crippen LogP contribution is -2.14. The molecule has 0 unspecified atom stereocenters. The van der Waals surface area contributed by atoms with Gasteiger partial charge in [-0.05, 0) is 44.9 Å². The highest BCUT2D eigenvalue weighted by Gasteiger charge is 2.15. The molecule has 0 aliphatic carbocycles. The highest BCUT2D eigenvalue weighted by atomic mass is 16.5. The molecule has 0 aliphatic rings. The number of aromatic amines is 1. The minimum atomic E-state index is -0.109. The summed E-state index contributed by atoms with van der Waals surface area (Å²) in [6, 6.07) is 3.97. The van der Waals surface area contributed by atoms with Gasteiger partial charge in [0, 0.05) is 11.1 Å². The second-order valence-electron chi connectivity index (χ2n) is 4.71. The van der Waals surface area contributed by atoms with Gasteiger partial charge in [-0.1, -0.05) is 6.07 Å². The van der Waals surface area contributed by atoms with E-state index >= 15 is 0 Å². The number of nitrogens with zero attached hydrogens (tertiary/aromatic N) is 1. The number of H-pyrrole nitrogens is 1. The van der Waals surface area contributed by atoms with Crippen LogP contribution < -0.4 is 10.3 Å². The smallest absolute Gasteiger partial charge is 0.254 e. The second-order valence-corrected chi connectivity index (χ2v) is 4.71. The van der Waals surface area contributed by atoms with Gasteiger partial charge in [0.25, 0.3) is 5.56 Å². The van der Waals surface area contributed by atoms with Crippen LogP contribution in [-0.2, 0) is 0 Å². The third-order valence-corrected chi connectivity index (χ3v) is 3.41. The predicted octanol–water partition coefficient (Wildman–Crippen LogP) is 2.68. The Labute approximate surface area is 112 Å². The van der Waals surface area contributed by atoms with Crippen molar-refractivity contribution in [1.82, 2.24) is 9.97 Å². The first-order valence-corrected chi connectivity index (χ1v) is 6.17. The molecule has 1 aromatic carbocycles. The van der Waals surface area contributed by atoms with Crippen LogP contribution >= 0.6 is 0 Å². The van der Waals surface area contributed by atoms with Crippen LogP contribution in [0.15, 0.2) is 16.9 Å². The summed E-state index contributed by atoms with van der Waals surface area (Å²) in [7, 11) is 1.64. The van der Waals surface area contributed by atoms with E-state index in [2.05, 4.69) is 9.97 Å². The van der Waals surface area contributed by atoms with Gasteiger partial charge >= 0.3 is 0 Å². The van der Waals surface area contributed by atoms with E-state index in [-0.39, 0.29) is 5.56 Å². The molecule has 0 amide bonds. The Bertz CT molecular complexity index is 687. The first-order chi connectivity index (χ1) is 8.95. The van der Waals surface area contributed by atoms with E-state index in [1.165, 1.54) is 0 Å². The number of aryl methyl sites for hydroxylation is 2. The largest absolute Gasteiger partial charge is 0.496 e. The Balaban J connectivity index is 2.80. The zero-order valence-corrected chi connectivity index (χ0v) is 11.9. The normalized spacial score (nSPS) is 10.6. The monoisotopic (exact) mass is 258 g/mol. The number of rotatable bonds is 2. The first kappa shape index (κ1) is 13.3. The van der Waals surface area contributed by atoms with Gasteiger partial charge in [-0.3, -0.25) is 4.79 Å². The molecule has 1 N–H and O–H groups in total. The van der Waals surface area contributed by atoms with Crippen LogP contribution in [0.1, 0.15) is 22.5 Å². The lowest BCUT2D eigenvalue weighted by molar-refractivity contribution is 0.413. The number of methoxy groups -OCH3 is 1. The fourth-order valence-electron chi connectivity index (χ4n) is 2.15. The average Bonchev–Trinajstić information content (AvgIpc) is 2.37. The van der Waals surface area contributed by atoms with E-state index in [9.17, 15) is 4.79 Å². The molecule has 0 saturated heterocycles. The summed E-state index contributed by atoms with van der Waals surface area (Å²) >= 11 is 0. The van der Waals surface area contributed by atoms with Gasteiger partial charge in [-0.25, -0.2) is 4.98 Å². The number of ether oxygens (including phenoxy) is 1. The zero-order valence-electron chi connectivity index (χ0n) is 11.9. The summed E-state index contributed by atoms with van der Waals surface area (Å²) < 4.78 is 5.49. The molecule has 0 aliphatic heterocycles. The molecule has 2 rings (SSSR count). The van der Waals surface area contributed by atoms with Crippen LogP contribution in [0.4, 0.5) is 0 Å². The van der Waals surface area contributed by atoms with Crippen molar-refractivity contribution in [2.75, 3.05) is 7.11 Å². The minimum Gasteiger partial charge on any atom is -0.496 e. The van der Waals surface area contributed by atoms with Crippen molar-refractivity contribution in [3.8, 4) is 17.0 Å². The molecule has 4 nitrogen and oxygen atoms in total. The Morgan fingerprint density at radius 2 is 1.79 bits per heavy atom. The summed E-state index contributed by atoms with van der Waals surface area (Å²) in [5.74, 6) is 1.38. The Kier molecular flexibility index (Phi) is 3.42. The highest BCUT2D eigenvalue weighted by molar-refractivity contribution is 5.72. The molecule has 1 aromatic heterocycles. The lowest BCUT2D eigenvalue weighted by atomic mass is 10.00. The molecule has 0 bridgehead atoms. The molecular weight excluding hydrogens is 240 g/mol. The maximum absolute atomic E-state index is 11.8. The third kappa shape index (κ3) is 2.26. The van der Waals surface area contributed by atoms with E-state index < -0.39 is 0 Å². The fourth-order valence-corrected chi connectivity index (χ4v) is 2.15. The predicted molar refractivity (Wildman–Crippen MR) is 75.8 cm³/mol. The second kappa shape index (κ2) is 4.88. The van der Waals surface area contributed by atoms with Crippen molar-refractivity contribution in [2.24, 2.45) is 0 Å². The van der Waals surface area contributed by atoms with Crippen molar-refractivity contribution >= 4 is 0 Å². The Hall–Kier alpha value is -2.10. The standard InChI is InChI=1S/C15H18N2O2/c1-8-6-7-12(14(19-5)9(8)2)13-10(3)15(18)17-11(4)16-13/h6-7H,1-5H3,(H,16,17,18). The number of benzene rings is 1. The molecule has 1 heterocycles. The van der Waals surface area contributed by atoms with E-state index in [4.69, 9.17) is 4.74 Å². The van der Waals surface area contributed by atoms with Crippen LogP contribution in [0.3, 0.4) is 0 Å². The van der Waals surface area contributed by atoms with Crippen molar-refractivity contribution in [1.29, 1.82) is 0 Å². The summed E-state index contributed by atoms with van der Waals surface area (Å²) in [5, 5.41) is 0. The number of nitrogens with one attached hydrogen (secondary N) is 1. The number of aromatic nitrogens is 2. The minimum absolute atomic E-state index is 0.109. The fraction of sp³-hybridized carbons (Fsp3) is 0.333. The van der Waals surface area contributed by atoms with E-state index in [0.29, 0.717) is 17.1 Å². The molecular formula is C15H18N2O2. The molecule has 2 aromatic rings. The van der Waals surface area contributed by atoms with Gasteiger partial charge in [0.1, 0.15) is 11.6 Å². The molecule has 100 valence electrons. The van der Waals surface area contributed by atoms with Gasteiger partial charge < -0.3 is 9.72 Å². The van der Waals surface area contributed by atoms with Gasteiger partial charge in [-0.15, -0.1) is 0 Å². The van der Waals surface area contributed by atoms with Crippen LogP contribution in [0.25, 0.3) is 11.3 Å². The van der Waals surface area contributed by atoms with Crippen molar-refractivity contribution in [2.45, 2.75) is 27.7 Å². The molecule has 0 spiro atoms. The quantitative estimate of drug-likeness (QED) is 0.901. The Morgan fingerprint density at radius 1 is 1.11 bits per heavy atom. The summed E-state index contributed by atoms with van der Waals surface area (Å²) in [5.41, 5.74) is 4.26. The van der Waals surface area contributed by atoms with E-state index in [1.807, 2.05) is 26.0 Å². The topological polar surface area (TPSA) is 55.0 Å². The van der Waals surface area contributed by atoms with Crippen LogP contribution in [-0.4, -0.2) is 17.1 Å². The lowest BCUT2D eigenvalue weighted by Gasteiger charge is -2.14.